The molecular formula is C25H33N5O. The molecule has 2 fully saturated rings. The van der Waals surface area contributed by atoms with Crippen molar-refractivity contribution in [2.75, 3.05) is 51.3 Å². The highest BCUT2D eigenvalue weighted by Crippen LogP contribution is 2.24. The van der Waals surface area contributed by atoms with Crippen LogP contribution < -0.4 is 9.64 Å². The Hall–Kier alpha value is -2.57. The van der Waals surface area contributed by atoms with Crippen molar-refractivity contribution in [1.82, 2.24) is 19.4 Å². The van der Waals surface area contributed by atoms with Gasteiger partial charge in [0, 0.05) is 51.5 Å². The molecule has 3 aromatic rings. The van der Waals surface area contributed by atoms with Gasteiger partial charge in [-0.15, -0.1) is 0 Å². The molecule has 0 N–H and O–H groups in total. The number of aryl methyl sites for hydroxylation is 1. The van der Waals surface area contributed by atoms with Gasteiger partial charge in [0.15, 0.2) is 0 Å². The molecule has 1 unspecified atom stereocenters. The fourth-order valence-electron chi connectivity index (χ4n) is 5.15. The maximum absolute atomic E-state index is 5.29. The van der Waals surface area contributed by atoms with Crippen molar-refractivity contribution >= 4 is 16.7 Å². The minimum absolute atomic E-state index is 0.654. The number of imidazole rings is 1. The van der Waals surface area contributed by atoms with Gasteiger partial charge < -0.3 is 14.2 Å². The van der Waals surface area contributed by atoms with Crippen molar-refractivity contribution in [3.63, 3.8) is 0 Å². The quantitative estimate of drug-likeness (QED) is 0.634. The molecule has 6 nitrogen and oxygen atoms in total. The predicted octanol–water partition coefficient (Wildman–Crippen LogP) is 3.37. The van der Waals surface area contributed by atoms with Gasteiger partial charge in [0.05, 0.1) is 24.7 Å². The zero-order valence-electron chi connectivity index (χ0n) is 18.7. The summed E-state index contributed by atoms with van der Waals surface area (Å²) in [5.74, 6) is 2.09. The summed E-state index contributed by atoms with van der Waals surface area (Å²) < 4.78 is 7.55. The molecule has 0 spiro atoms. The van der Waals surface area contributed by atoms with Gasteiger partial charge >= 0.3 is 0 Å². The predicted molar refractivity (Wildman–Crippen MR) is 126 cm³/mol. The Kier molecular flexibility index (Phi) is 5.83. The van der Waals surface area contributed by atoms with Crippen LogP contribution in [-0.4, -0.2) is 71.8 Å². The number of piperidine rings is 1. The average Bonchev–Trinajstić information content (AvgIpc) is 3.15. The van der Waals surface area contributed by atoms with Crippen molar-refractivity contribution in [3.05, 3.63) is 54.4 Å². The molecule has 1 aromatic heterocycles. The summed E-state index contributed by atoms with van der Waals surface area (Å²) in [6, 6.07) is 17.6. The van der Waals surface area contributed by atoms with E-state index in [9.17, 15) is 0 Å². The van der Waals surface area contributed by atoms with Crippen molar-refractivity contribution < 1.29 is 4.74 Å². The second-order valence-electron chi connectivity index (χ2n) is 8.83. The van der Waals surface area contributed by atoms with Crippen molar-refractivity contribution in [2.45, 2.75) is 25.4 Å². The molecule has 2 aliphatic rings. The van der Waals surface area contributed by atoms with E-state index in [1.807, 2.05) is 0 Å². The lowest BCUT2D eigenvalue weighted by Gasteiger charge is -2.44. The summed E-state index contributed by atoms with van der Waals surface area (Å²) in [5, 5.41) is 0. The molecule has 2 aromatic carbocycles. The minimum atomic E-state index is 0.654. The van der Waals surface area contributed by atoms with Crippen LogP contribution in [0.3, 0.4) is 0 Å². The maximum atomic E-state index is 5.29. The standard InChI is InChI=1S/C25H33N5O/c1-27-24-8-4-3-7-23(24)26-25(27)19-28-13-5-6-21(18-28)30-16-14-29(15-17-30)20-9-11-22(31-2)12-10-20/h3-4,7-12,21H,5-6,13-19H2,1-2H3. The van der Waals surface area contributed by atoms with E-state index in [-0.39, 0.29) is 0 Å². The Bertz CT molecular complexity index is 1010. The first-order valence-electron chi connectivity index (χ1n) is 11.5. The Morgan fingerprint density at radius 2 is 1.74 bits per heavy atom. The van der Waals surface area contributed by atoms with Gasteiger partial charge in [-0.25, -0.2) is 4.98 Å². The van der Waals surface area contributed by atoms with Crippen LogP contribution in [0.1, 0.15) is 18.7 Å². The number of aromatic nitrogens is 2. The lowest BCUT2D eigenvalue weighted by molar-refractivity contribution is 0.0870. The first kappa shape index (κ1) is 20.3. The number of nitrogens with zero attached hydrogens (tertiary/aromatic N) is 5. The van der Waals surface area contributed by atoms with Gasteiger partial charge in [0.25, 0.3) is 0 Å². The zero-order chi connectivity index (χ0) is 21.2. The molecule has 1 atom stereocenters. The third-order valence-electron chi connectivity index (χ3n) is 6.99. The minimum Gasteiger partial charge on any atom is -0.497 e. The van der Waals surface area contributed by atoms with E-state index in [1.165, 1.54) is 36.4 Å². The molecule has 6 heteroatoms. The number of benzene rings is 2. The van der Waals surface area contributed by atoms with Crippen LogP contribution in [0, 0.1) is 0 Å². The summed E-state index contributed by atoms with van der Waals surface area (Å²) >= 11 is 0. The van der Waals surface area contributed by atoms with Crippen LogP contribution in [0.25, 0.3) is 11.0 Å². The Morgan fingerprint density at radius 3 is 2.48 bits per heavy atom. The van der Waals surface area contributed by atoms with Gasteiger partial charge in [-0.05, 0) is 55.8 Å². The topological polar surface area (TPSA) is 36.8 Å². The number of rotatable bonds is 5. The van der Waals surface area contributed by atoms with Crippen LogP contribution in [0.2, 0.25) is 0 Å². The van der Waals surface area contributed by atoms with Crippen molar-refractivity contribution in [3.8, 4) is 5.75 Å². The summed E-state index contributed by atoms with van der Waals surface area (Å²) in [6.07, 6.45) is 2.58. The van der Waals surface area contributed by atoms with E-state index >= 15 is 0 Å². The van der Waals surface area contributed by atoms with E-state index in [2.05, 4.69) is 74.8 Å². The van der Waals surface area contributed by atoms with Crippen molar-refractivity contribution in [1.29, 1.82) is 0 Å². The van der Waals surface area contributed by atoms with Crippen LogP contribution in [0.15, 0.2) is 48.5 Å². The first-order valence-corrected chi connectivity index (χ1v) is 11.5. The van der Waals surface area contributed by atoms with Gasteiger partial charge in [0.1, 0.15) is 11.6 Å². The summed E-state index contributed by atoms with van der Waals surface area (Å²) in [7, 11) is 3.86. The lowest BCUT2D eigenvalue weighted by Crippen LogP contribution is -2.55. The second-order valence-corrected chi connectivity index (χ2v) is 8.83. The van der Waals surface area contributed by atoms with Crippen LogP contribution >= 0.6 is 0 Å². The van der Waals surface area contributed by atoms with Crippen LogP contribution in [0.5, 0.6) is 5.75 Å². The van der Waals surface area contributed by atoms with Crippen LogP contribution in [0.4, 0.5) is 5.69 Å². The number of ether oxygens (including phenoxy) is 1. The number of para-hydroxylation sites is 2. The average molecular weight is 420 g/mol. The Morgan fingerprint density at radius 1 is 0.968 bits per heavy atom. The fourth-order valence-corrected chi connectivity index (χ4v) is 5.15. The van der Waals surface area contributed by atoms with E-state index in [0.717, 1.165) is 50.5 Å². The number of fused-ring (bicyclic) bond motifs is 1. The molecule has 164 valence electrons. The molecular weight excluding hydrogens is 386 g/mol. The second kappa shape index (κ2) is 8.89. The third kappa shape index (κ3) is 4.27. The summed E-state index contributed by atoms with van der Waals surface area (Å²) in [6.45, 7) is 7.71. The number of hydrogen-bond acceptors (Lipinski definition) is 5. The number of anilines is 1. The molecule has 5 rings (SSSR count). The highest BCUT2D eigenvalue weighted by Gasteiger charge is 2.28. The molecule has 0 radical (unpaired) electrons. The molecule has 0 saturated carbocycles. The van der Waals surface area contributed by atoms with Crippen molar-refractivity contribution in [2.24, 2.45) is 7.05 Å². The highest BCUT2D eigenvalue weighted by atomic mass is 16.5. The maximum Gasteiger partial charge on any atom is 0.123 e. The normalized spacial score (nSPS) is 21.0. The SMILES string of the molecule is COc1ccc(N2CCN(C3CCCN(Cc4nc5ccccc5n4C)C3)CC2)cc1. The van der Waals surface area contributed by atoms with E-state index in [0.29, 0.717) is 6.04 Å². The molecule has 31 heavy (non-hydrogen) atoms. The smallest absolute Gasteiger partial charge is 0.123 e. The number of likely N-dealkylation sites (tertiary alicyclic amines) is 1. The molecule has 2 aliphatic heterocycles. The summed E-state index contributed by atoms with van der Waals surface area (Å²) in [5.41, 5.74) is 3.62. The fraction of sp³-hybridized carbons (Fsp3) is 0.480. The van der Waals surface area contributed by atoms with Gasteiger partial charge in [-0.1, -0.05) is 12.1 Å². The highest BCUT2D eigenvalue weighted by molar-refractivity contribution is 5.75. The molecule has 3 heterocycles. The van der Waals surface area contributed by atoms with E-state index in [1.54, 1.807) is 7.11 Å². The summed E-state index contributed by atoms with van der Waals surface area (Å²) in [4.78, 5) is 12.7. The number of piperazine rings is 1. The number of methoxy groups -OCH3 is 1. The zero-order valence-corrected chi connectivity index (χ0v) is 18.7. The lowest BCUT2D eigenvalue weighted by atomic mass is 10.0. The first-order chi connectivity index (χ1) is 15.2. The van der Waals surface area contributed by atoms with Crippen LogP contribution in [-0.2, 0) is 13.6 Å². The van der Waals surface area contributed by atoms with Gasteiger partial charge in [-0.3, -0.25) is 9.80 Å². The number of hydrogen-bond donors (Lipinski definition) is 0. The molecule has 0 aliphatic carbocycles. The van der Waals surface area contributed by atoms with E-state index < -0.39 is 0 Å². The molecule has 0 bridgehead atoms. The van der Waals surface area contributed by atoms with Gasteiger partial charge in [-0.2, -0.15) is 0 Å². The Balaban J connectivity index is 1.18. The monoisotopic (exact) mass is 419 g/mol. The molecule has 0 amide bonds. The third-order valence-corrected chi connectivity index (χ3v) is 6.99. The molecule has 2 saturated heterocycles. The largest absolute Gasteiger partial charge is 0.497 e. The van der Waals surface area contributed by atoms with Gasteiger partial charge in [0.2, 0.25) is 0 Å². The van der Waals surface area contributed by atoms with E-state index in [4.69, 9.17) is 9.72 Å². The Labute approximate surface area is 185 Å².